The van der Waals surface area contributed by atoms with E-state index >= 15 is 0 Å². The number of carbonyl (C=O) groups excluding carboxylic acids is 1. The van der Waals surface area contributed by atoms with Gasteiger partial charge in [-0.1, -0.05) is 18.2 Å². The zero-order valence-electron chi connectivity index (χ0n) is 21.1. The average molecular weight is 491 g/mol. The second kappa shape index (κ2) is 9.65. The number of aryl methyl sites for hydroxylation is 1. The lowest BCUT2D eigenvalue weighted by Gasteiger charge is -2.37. The smallest absolute Gasteiger partial charge is 0.219 e. The first-order valence-corrected chi connectivity index (χ1v) is 12.8. The molecule has 186 valence electrons. The van der Waals surface area contributed by atoms with Crippen molar-refractivity contribution in [3.63, 3.8) is 0 Å². The molecular weight excluding hydrogens is 460 g/mol. The molecule has 1 fully saturated rings. The van der Waals surface area contributed by atoms with Crippen molar-refractivity contribution in [3.05, 3.63) is 85.1 Å². The molecule has 0 spiro atoms. The van der Waals surface area contributed by atoms with E-state index in [1.165, 1.54) is 10.9 Å². The Hall–Kier alpha value is -4.26. The molecule has 0 unspecified atom stereocenters. The largest absolute Gasteiger partial charge is 0.378 e. The molecule has 7 nitrogen and oxygen atoms in total. The van der Waals surface area contributed by atoms with Crippen LogP contribution in [0.25, 0.3) is 33.1 Å². The maximum Gasteiger partial charge on any atom is 0.219 e. The fourth-order valence-electron chi connectivity index (χ4n) is 5.59. The van der Waals surface area contributed by atoms with E-state index in [0.29, 0.717) is 0 Å². The summed E-state index contributed by atoms with van der Waals surface area (Å²) in [7, 11) is 2.06. The highest BCUT2D eigenvalue weighted by Crippen LogP contribution is 2.36. The zero-order valence-corrected chi connectivity index (χ0v) is 21.1. The Labute approximate surface area is 216 Å². The molecule has 3 aromatic heterocycles. The van der Waals surface area contributed by atoms with E-state index in [9.17, 15) is 4.79 Å². The summed E-state index contributed by atoms with van der Waals surface area (Å²) in [6.07, 6.45) is 11.3. The molecule has 5 aromatic rings. The van der Waals surface area contributed by atoms with E-state index in [4.69, 9.17) is 4.98 Å². The summed E-state index contributed by atoms with van der Waals surface area (Å²) in [4.78, 5) is 27.9. The van der Waals surface area contributed by atoms with E-state index in [1.54, 1.807) is 25.5 Å². The van der Waals surface area contributed by atoms with Crippen LogP contribution >= 0.6 is 0 Å². The Bertz CT molecular complexity index is 1580. The first-order chi connectivity index (χ1) is 18.1. The number of hydrogen-bond donors (Lipinski definition) is 1. The fraction of sp³-hybridized carbons (Fsp3) is 0.267. The van der Waals surface area contributed by atoms with Crippen LogP contribution in [0.1, 0.15) is 31.4 Å². The van der Waals surface area contributed by atoms with Gasteiger partial charge in [-0.05, 0) is 59.7 Å². The van der Waals surface area contributed by atoms with Crippen molar-refractivity contribution >= 4 is 33.5 Å². The third kappa shape index (κ3) is 4.53. The van der Waals surface area contributed by atoms with Crippen molar-refractivity contribution in [2.24, 2.45) is 13.0 Å². The van der Waals surface area contributed by atoms with E-state index in [1.807, 2.05) is 17.2 Å². The number of nitrogens with zero attached hydrogens (tertiary/aromatic N) is 5. The lowest BCUT2D eigenvalue weighted by molar-refractivity contribution is -0.130. The Balaban J connectivity index is 1.43. The predicted molar refractivity (Wildman–Crippen MR) is 147 cm³/mol. The number of nitrogens with one attached hydrogen (secondary N) is 1. The quantitative estimate of drug-likeness (QED) is 0.347. The van der Waals surface area contributed by atoms with Gasteiger partial charge < -0.3 is 14.8 Å². The molecular formula is C30H30N6O. The Kier molecular flexibility index (Phi) is 6.04. The number of anilines is 1. The molecule has 0 bridgehead atoms. The summed E-state index contributed by atoms with van der Waals surface area (Å²) < 4.78 is 2.14. The highest BCUT2D eigenvalue weighted by atomic mass is 16.2. The van der Waals surface area contributed by atoms with E-state index in [-0.39, 0.29) is 17.9 Å². The molecule has 4 heterocycles. The molecule has 1 saturated heterocycles. The number of hydrogen-bond acceptors (Lipinski definition) is 5. The summed E-state index contributed by atoms with van der Waals surface area (Å²) in [6.45, 7) is 3.21. The van der Waals surface area contributed by atoms with E-state index in [0.717, 1.165) is 59.3 Å². The van der Waals surface area contributed by atoms with Crippen LogP contribution in [-0.4, -0.2) is 43.4 Å². The fourth-order valence-corrected chi connectivity index (χ4v) is 5.59. The van der Waals surface area contributed by atoms with Crippen LogP contribution in [-0.2, 0) is 11.8 Å². The van der Waals surface area contributed by atoms with Crippen LogP contribution in [0, 0.1) is 5.92 Å². The number of likely N-dealkylation sites (tertiary alicyclic amines) is 1. The molecule has 7 heteroatoms. The zero-order chi connectivity index (χ0) is 25.4. The molecule has 37 heavy (non-hydrogen) atoms. The number of rotatable bonds is 5. The third-order valence-electron chi connectivity index (χ3n) is 7.51. The highest BCUT2D eigenvalue weighted by molar-refractivity contribution is 5.97. The molecule has 1 N–H and O–H groups in total. The lowest BCUT2D eigenvalue weighted by Crippen LogP contribution is -2.41. The third-order valence-corrected chi connectivity index (χ3v) is 7.51. The highest BCUT2D eigenvalue weighted by Gasteiger charge is 2.30. The summed E-state index contributed by atoms with van der Waals surface area (Å²) in [5.74, 6) is 0.400. The van der Waals surface area contributed by atoms with Crippen LogP contribution < -0.4 is 5.32 Å². The number of benzene rings is 2. The van der Waals surface area contributed by atoms with Gasteiger partial charge in [0.2, 0.25) is 5.91 Å². The average Bonchev–Trinajstić information content (AvgIpc) is 3.31. The van der Waals surface area contributed by atoms with Crippen molar-refractivity contribution in [2.45, 2.75) is 25.8 Å². The van der Waals surface area contributed by atoms with Crippen molar-refractivity contribution in [1.82, 2.24) is 24.4 Å². The van der Waals surface area contributed by atoms with Crippen LogP contribution in [0.15, 0.2) is 79.5 Å². The lowest BCUT2D eigenvalue weighted by atomic mass is 9.86. The minimum absolute atomic E-state index is 0.00757. The molecule has 1 aliphatic rings. The van der Waals surface area contributed by atoms with Gasteiger partial charge in [0, 0.05) is 80.7 Å². The van der Waals surface area contributed by atoms with E-state index < -0.39 is 0 Å². The number of fused-ring (bicyclic) bond motifs is 2. The van der Waals surface area contributed by atoms with Gasteiger partial charge in [-0.25, -0.2) is 0 Å². The Morgan fingerprint density at radius 2 is 1.97 bits per heavy atom. The molecule has 2 aromatic carbocycles. The van der Waals surface area contributed by atoms with Gasteiger partial charge in [-0.2, -0.15) is 0 Å². The molecule has 0 saturated carbocycles. The summed E-state index contributed by atoms with van der Waals surface area (Å²) >= 11 is 0. The van der Waals surface area contributed by atoms with Gasteiger partial charge in [0.25, 0.3) is 0 Å². The van der Waals surface area contributed by atoms with Gasteiger partial charge in [0.15, 0.2) is 0 Å². The number of amides is 1. The maximum atomic E-state index is 12.2. The molecule has 0 radical (unpaired) electrons. The Morgan fingerprint density at radius 1 is 1.08 bits per heavy atom. The number of pyridine rings is 1. The summed E-state index contributed by atoms with van der Waals surface area (Å²) in [6, 6.07) is 17.0. The number of piperidine rings is 1. The molecule has 1 aliphatic heterocycles. The van der Waals surface area contributed by atoms with Gasteiger partial charge in [0.05, 0.1) is 17.1 Å². The van der Waals surface area contributed by atoms with Gasteiger partial charge >= 0.3 is 0 Å². The SMILES string of the molecule is CC(=O)N1CCC[C@@H]([C@@H](Nc2cc(-c3ccc4ccn(C)c4c3)c3nccnc3c2)c2cccnc2)C1. The minimum Gasteiger partial charge on any atom is -0.378 e. The van der Waals surface area contributed by atoms with Gasteiger partial charge in [0.1, 0.15) is 0 Å². The number of carbonyl (C=O) groups is 1. The van der Waals surface area contributed by atoms with Crippen molar-refractivity contribution in [1.29, 1.82) is 0 Å². The molecule has 2 atom stereocenters. The Morgan fingerprint density at radius 3 is 2.81 bits per heavy atom. The summed E-state index contributed by atoms with van der Waals surface area (Å²) in [5.41, 5.74) is 7.12. The molecule has 6 rings (SSSR count). The topological polar surface area (TPSA) is 75.9 Å². The van der Waals surface area contributed by atoms with E-state index in [2.05, 4.69) is 75.6 Å². The van der Waals surface area contributed by atoms with Crippen LogP contribution in [0.4, 0.5) is 5.69 Å². The maximum absolute atomic E-state index is 12.2. The molecule has 1 amide bonds. The number of aromatic nitrogens is 4. The van der Waals surface area contributed by atoms with Crippen molar-refractivity contribution in [2.75, 3.05) is 18.4 Å². The van der Waals surface area contributed by atoms with Crippen molar-refractivity contribution < 1.29 is 4.79 Å². The second-order valence-corrected chi connectivity index (χ2v) is 9.92. The minimum atomic E-state index is 0.00757. The predicted octanol–water partition coefficient (Wildman–Crippen LogP) is 5.60. The first-order valence-electron chi connectivity index (χ1n) is 12.8. The standard InChI is InChI=1S/C30H30N6O/c1-20(37)36-13-4-6-24(19-36)29(23-5-3-10-31-18-23)34-25-16-26(30-27(17-25)32-11-12-33-30)22-8-7-21-9-14-35(2)28(21)15-22/h3,5,7-12,14-18,24,29,34H,4,6,13,19H2,1-2H3/t24-,29+/m1/s1. The van der Waals surface area contributed by atoms with Crippen molar-refractivity contribution in [3.8, 4) is 11.1 Å². The second-order valence-electron chi connectivity index (χ2n) is 9.92. The molecule has 0 aliphatic carbocycles. The van der Waals surface area contributed by atoms with Crippen LogP contribution in [0.2, 0.25) is 0 Å². The van der Waals surface area contributed by atoms with Gasteiger partial charge in [-0.3, -0.25) is 19.7 Å². The monoisotopic (exact) mass is 490 g/mol. The summed E-state index contributed by atoms with van der Waals surface area (Å²) in [5, 5.41) is 5.03. The first kappa shape index (κ1) is 23.2. The van der Waals surface area contributed by atoms with Gasteiger partial charge in [-0.15, -0.1) is 0 Å². The normalized spacial score (nSPS) is 16.7. The van der Waals surface area contributed by atoms with Crippen LogP contribution in [0.5, 0.6) is 0 Å². The van der Waals surface area contributed by atoms with Crippen LogP contribution in [0.3, 0.4) is 0 Å².